The van der Waals surface area contributed by atoms with Crippen molar-refractivity contribution in [2.45, 2.75) is 16.3 Å². The molecule has 0 aliphatic rings. The van der Waals surface area contributed by atoms with Gasteiger partial charge < -0.3 is 5.11 Å². The highest BCUT2D eigenvalue weighted by Crippen LogP contribution is 2.33. The van der Waals surface area contributed by atoms with Gasteiger partial charge in [-0.15, -0.1) is 10.2 Å². The van der Waals surface area contributed by atoms with Gasteiger partial charge in [0.25, 0.3) is 0 Å². The van der Waals surface area contributed by atoms with Crippen LogP contribution in [-0.4, -0.2) is 26.3 Å². The molecule has 0 saturated carbocycles. The molecule has 7 heteroatoms. The zero-order valence-electron chi connectivity index (χ0n) is 10.4. The van der Waals surface area contributed by atoms with Crippen LogP contribution in [0.4, 0.5) is 0 Å². The smallest absolute Gasteiger partial charge is 0.354 e. The van der Waals surface area contributed by atoms with Gasteiger partial charge in [0.15, 0.2) is 4.34 Å². The van der Waals surface area contributed by atoms with Crippen molar-refractivity contribution in [3.63, 3.8) is 0 Å². The maximum absolute atomic E-state index is 11.2. The number of pyridine rings is 1. The number of aromatic nitrogens is 3. The molecule has 0 aliphatic heterocycles. The second-order valence-corrected chi connectivity index (χ2v) is 6.45. The Hall–Kier alpha value is -1.99. The lowest BCUT2D eigenvalue weighted by Gasteiger charge is -2.05. The maximum atomic E-state index is 11.2. The fourth-order valence-electron chi connectivity index (χ4n) is 1.76. The van der Waals surface area contributed by atoms with Crippen LogP contribution in [0.2, 0.25) is 0 Å². The number of fused-ring (bicyclic) bond motifs is 1. The van der Waals surface area contributed by atoms with Gasteiger partial charge in [-0.05, 0) is 30.1 Å². The van der Waals surface area contributed by atoms with Crippen LogP contribution in [0.15, 0.2) is 39.7 Å². The molecular weight excluding hydrogens is 294 g/mol. The van der Waals surface area contributed by atoms with Gasteiger partial charge in [-0.2, -0.15) is 0 Å². The van der Waals surface area contributed by atoms with E-state index in [1.807, 2.05) is 31.2 Å². The van der Waals surface area contributed by atoms with Crippen LogP contribution < -0.4 is 0 Å². The Bertz CT molecular complexity index is 801. The quantitative estimate of drug-likeness (QED) is 0.800. The Morgan fingerprint density at radius 3 is 2.80 bits per heavy atom. The van der Waals surface area contributed by atoms with E-state index in [4.69, 9.17) is 5.11 Å². The number of aromatic carboxylic acids is 1. The Morgan fingerprint density at radius 1 is 1.30 bits per heavy atom. The molecule has 0 aliphatic carbocycles. The zero-order chi connectivity index (χ0) is 14.1. The minimum Gasteiger partial charge on any atom is -0.477 e. The number of benzene rings is 1. The average molecular weight is 303 g/mol. The summed E-state index contributed by atoms with van der Waals surface area (Å²) < 4.78 is 0.752. The average Bonchev–Trinajstić information content (AvgIpc) is 2.84. The van der Waals surface area contributed by atoms with Crippen molar-refractivity contribution in [2.75, 3.05) is 0 Å². The molecule has 20 heavy (non-hydrogen) atoms. The van der Waals surface area contributed by atoms with Crippen molar-refractivity contribution in [1.29, 1.82) is 0 Å². The zero-order valence-corrected chi connectivity index (χ0v) is 12.0. The first-order valence-corrected chi connectivity index (χ1v) is 7.38. The number of nitrogens with zero attached hydrogens (tertiary/aromatic N) is 3. The molecule has 100 valence electrons. The highest BCUT2D eigenvalue weighted by molar-refractivity contribution is 8.01. The Kier molecular flexibility index (Phi) is 3.37. The lowest BCUT2D eigenvalue weighted by Crippen LogP contribution is -2.01. The predicted molar refractivity (Wildman–Crippen MR) is 77.5 cm³/mol. The highest BCUT2D eigenvalue weighted by atomic mass is 32.2. The van der Waals surface area contributed by atoms with Crippen LogP contribution in [0.3, 0.4) is 0 Å². The summed E-state index contributed by atoms with van der Waals surface area (Å²) in [5.41, 5.74) is 0.0347. The molecular formula is C13H9N3O2S2. The number of rotatable bonds is 3. The molecule has 0 unspecified atom stereocenters. The van der Waals surface area contributed by atoms with E-state index in [-0.39, 0.29) is 5.69 Å². The molecule has 3 rings (SSSR count). The molecule has 1 aromatic carbocycles. The first kappa shape index (κ1) is 13.0. The molecule has 1 N–H and O–H groups in total. The number of hydrogen-bond donors (Lipinski definition) is 1. The molecule has 0 amide bonds. The highest BCUT2D eigenvalue weighted by Gasteiger charge is 2.13. The fourth-order valence-corrected chi connectivity index (χ4v) is 3.62. The van der Waals surface area contributed by atoms with Crippen molar-refractivity contribution in [3.05, 3.63) is 41.0 Å². The van der Waals surface area contributed by atoms with Gasteiger partial charge in [-0.3, -0.25) is 0 Å². The van der Waals surface area contributed by atoms with E-state index in [1.165, 1.54) is 23.1 Å². The Morgan fingerprint density at radius 2 is 2.10 bits per heavy atom. The number of carbonyl (C=O) groups is 1. The van der Waals surface area contributed by atoms with Crippen LogP contribution in [0, 0.1) is 6.92 Å². The monoisotopic (exact) mass is 303 g/mol. The van der Waals surface area contributed by atoms with Gasteiger partial charge in [0.05, 0.1) is 0 Å². The van der Waals surface area contributed by atoms with Crippen molar-refractivity contribution < 1.29 is 9.90 Å². The topological polar surface area (TPSA) is 76.0 Å². The van der Waals surface area contributed by atoms with Crippen LogP contribution in [0.1, 0.15) is 15.5 Å². The van der Waals surface area contributed by atoms with Crippen molar-refractivity contribution >= 4 is 39.8 Å². The van der Waals surface area contributed by atoms with Crippen LogP contribution >= 0.6 is 23.1 Å². The summed E-state index contributed by atoms with van der Waals surface area (Å²) in [5, 5.41) is 20.4. The largest absolute Gasteiger partial charge is 0.477 e. The molecule has 5 nitrogen and oxygen atoms in total. The normalized spacial score (nSPS) is 10.8. The van der Waals surface area contributed by atoms with Gasteiger partial charge >= 0.3 is 5.97 Å². The summed E-state index contributed by atoms with van der Waals surface area (Å²) in [6, 6.07) is 9.15. The minimum absolute atomic E-state index is 0.0347. The molecule has 0 saturated heterocycles. The van der Waals surface area contributed by atoms with Crippen LogP contribution in [0.25, 0.3) is 10.8 Å². The molecule has 2 aromatic heterocycles. The molecule has 3 aromatic rings. The van der Waals surface area contributed by atoms with Gasteiger partial charge in [0.2, 0.25) is 0 Å². The summed E-state index contributed by atoms with van der Waals surface area (Å²) in [7, 11) is 0. The van der Waals surface area contributed by atoms with Crippen LogP contribution in [0.5, 0.6) is 0 Å². The van der Waals surface area contributed by atoms with E-state index < -0.39 is 5.97 Å². The SMILES string of the molecule is Cc1nnc(Sc2nc(C(=O)O)cc3ccccc23)s1. The van der Waals surface area contributed by atoms with Crippen molar-refractivity contribution in [3.8, 4) is 0 Å². The summed E-state index contributed by atoms with van der Waals surface area (Å²) in [4.78, 5) is 15.4. The van der Waals surface area contributed by atoms with Crippen molar-refractivity contribution in [1.82, 2.24) is 15.2 Å². The van der Waals surface area contributed by atoms with Gasteiger partial charge in [0, 0.05) is 5.39 Å². The second-order valence-electron chi connectivity index (χ2n) is 4.03. The molecule has 0 fully saturated rings. The summed E-state index contributed by atoms with van der Waals surface area (Å²) in [5.74, 6) is -1.04. The summed E-state index contributed by atoms with van der Waals surface area (Å²) >= 11 is 2.80. The lowest BCUT2D eigenvalue weighted by molar-refractivity contribution is 0.0690. The molecule has 0 radical (unpaired) electrons. The van der Waals surface area contributed by atoms with Gasteiger partial charge in [-0.25, -0.2) is 9.78 Å². The standard InChI is InChI=1S/C13H9N3O2S2/c1-7-15-16-13(19-7)20-11-9-5-3-2-4-8(9)6-10(14-11)12(17)18/h2-6H,1H3,(H,17,18). The van der Waals surface area contributed by atoms with E-state index in [9.17, 15) is 4.79 Å². The van der Waals surface area contributed by atoms with E-state index in [0.717, 1.165) is 20.1 Å². The number of carboxylic acids is 1. The second kappa shape index (κ2) is 5.18. The molecule has 0 bridgehead atoms. The van der Waals surface area contributed by atoms with E-state index in [1.54, 1.807) is 6.07 Å². The van der Waals surface area contributed by atoms with Crippen LogP contribution in [-0.2, 0) is 0 Å². The number of hydrogen-bond acceptors (Lipinski definition) is 6. The third-order valence-corrected chi connectivity index (χ3v) is 4.51. The molecule has 0 spiro atoms. The predicted octanol–water partition coefficient (Wildman–Crippen LogP) is 3.24. The lowest BCUT2D eigenvalue weighted by atomic mass is 10.1. The van der Waals surface area contributed by atoms with E-state index in [2.05, 4.69) is 15.2 Å². The van der Waals surface area contributed by atoms with E-state index >= 15 is 0 Å². The molecule has 0 atom stereocenters. The van der Waals surface area contributed by atoms with Gasteiger partial charge in [-0.1, -0.05) is 35.6 Å². The minimum atomic E-state index is -1.04. The van der Waals surface area contributed by atoms with Gasteiger partial charge in [0.1, 0.15) is 15.7 Å². The number of aryl methyl sites for hydroxylation is 1. The fraction of sp³-hybridized carbons (Fsp3) is 0.0769. The first-order chi connectivity index (χ1) is 9.63. The third kappa shape index (κ3) is 2.50. The Balaban J connectivity index is 2.14. The van der Waals surface area contributed by atoms with E-state index in [0.29, 0.717) is 5.03 Å². The molecule has 2 heterocycles. The third-order valence-electron chi connectivity index (χ3n) is 2.62. The maximum Gasteiger partial charge on any atom is 0.354 e. The van der Waals surface area contributed by atoms with Crippen molar-refractivity contribution in [2.24, 2.45) is 0 Å². The Labute approximate surface area is 122 Å². The first-order valence-electron chi connectivity index (χ1n) is 5.74. The summed E-state index contributed by atoms with van der Waals surface area (Å²) in [6.45, 7) is 1.88. The summed E-state index contributed by atoms with van der Waals surface area (Å²) in [6.07, 6.45) is 0. The number of carboxylic acid groups (broad SMARTS) is 1.